The van der Waals surface area contributed by atoms with E-state index in [1.54, 1.807) is 13.3 Å². The fourth-order valence-corrected chi connectivity index (χ4v) is 1.69. The fraction of sp³-hybridized carbons (Fsp3) is 0.538. The van der Waals surface area contributed by atoms with E-state index in [0.29, 0.717) is 6.61 Å². The summed E-state index contributed by atoms with van der Waals surface area (Å²) in [4.78, 5) is 6.32. The highest BCUT2D eigenvalue weighted by Gasteiger charge is 2.18. The number of nitrogens with zero attached hydrogens (tertiary/aromatic N) is 3. The van der Waals surface area contributed by atoms with Crippen LogP contribution in [0.1, 0.15) is 24.2 Å². The van der Waals surface area contributed by atoms with Gasteiger partial charge in [0, 0.05) is 31.1 Å². The van der Waals surface area contributed by atoms with E-state index in [1.807, 2.05) is 26.0 Å². The summed E-state index contributed by atoms with van der Waals surface area (Å²) in [5.74, 6) is 0. The van der Waals surface area contributed by atoms with E-state index < -0.39 is 0 Å². The Bertz CT molecular complexity index is 369. The first kappa shape index (κ1) is 13.6. The van der Waals surface area contributed by atoms with Gasteiger partial charge in [-0.3, -0.25) is 9.88 Å². The van der Waals surface area contributed by atoms with Crippen LogP contribution in [0.25, 0.3) is 0 Å². The lowest BCUT2D eigenvalue weighted by atomic mass is 10.1. The average molecular weight is 233 g/mol. The van der Waals surface area contributed by atoms with Crippen LogP contribution >= 0.6 is 0 Å². The summed E-state index contributed by atoms with van der Waals surface area (Å²) in [7, 11) is 1.67. The monoisotopic (exact) mass is 233 g/mol. The average Bonchev–Trinajstić information content (AvgIpc) is 2.36. The summed E-state index contributed by atoms with van der Waals surface area (Å²) in [5, 5.41) is 9.29. The second kappa shape index (κ2) is 7.00. The molecule has 1 rings (SSSR count). The number of aromatic nitrogens is 1. The summed E-state index contributed by atoms with van der Waals surface area (Å²) < 4.78 is 5.06. The number of rotatable bonds is 6. The molecule has 1 aromatic rings. The van der Waals surface area contributed by atoms with Crippen molar-refractivity contribution in [1.82, 2.24) is 9.88 Å². The number of ether oxygens (including phenoxy) is 1. The van der Waals surface area contributed by atoms with Gasteiger partial charge in [-0.1, -0.05) is 13.0 Å². The van der Waals surface area contributed by atoms with Crippen LogP contribution in [0.5, 0.6) is 0 Å². The molecule has 0 radical (unpaired) electrons. The molecule has 0 N–H and O–H groups in total. The van der Waals surface area contributed by atoms with Crippen LogP contribution in [-0.2, 0) is 4.74 Å². The van der Waals surface area contributed by atoms with Gasteiger partial charge >= 0.3 is 0 Å². The molecule has 0 saturated heterocycles. The number of likely N-dealkylation sites (N-methyl/N-ethyl adjacent to an activating group) is 1. The van der Waals surface area contributed by atoms with Gasteiger partial charge in [0.15, 0.2) is 0 Å². The third-order valence-electron chi connectivity index (χ3n) is 2.73. The molecular formula is C13H19N3O. The molecule has 0 aliphatic heterocycles. The molecule has 0 spiro atoms. The van der Waals surface area contributed by atoms with Crippen molar-refractivity contribution in [2.24, 2.45) is 0 Å². The van der Waals surface area contributed by atoms with Crippen LogP contribution in [0, 0.1) is 18.3 Å². The van der Waals surface area contributed by atoms with Gasteiger partial charge in [-0.15, -0.1) is 0 Å². The minimum atomic E-state index is -0.247. The molecule has 0 aromatic carbocycles. The molecule has 17 heavy (non-hydrogen) atoms. The molecule has 0 aliphatic carbocycles. The maximum absolute atomic E-state index is 9.29. The molecule has 0 bridgehead atoms. The smallest absolute Gasteiger partial charge is 0.125 e. The molecular weight excluding hydrogens is 214 g/mol. The molecule has 1 aromatic heterocycles. The van der Waals surface area contributed by atoms with E-state index in [9.17, 15) is 5.26 Å². The van der Waals surface area contributed by atoms with Gasteiger partial charge in [-0.2, -0.15) is 5.26 Å². The molecule has 1 atom stereocenters. The first-order valence-electron chi connectivity index (χ1n) is 5.78. The first-order valence-corrected chi connectivity index (χ1v) is 5.78. The number of aryl methyl sites for hydroxylation is 1. The molecule has 1 heterocycles. The number of pyridine rings is 1. The zero-order valence-corrected chi connectivity index (χ0v) is 10.7. The van der Waals surface area contributed by atoms with E-state index >= 15 is 0 Å². The summed E-state index contributed by atoms with van der Waals surface area (Å²) in [6.45, 7) is 6.18. The quantitative estimate of drug-likeness (QED) is 0.753. The summed E-state index contributed by atoms with van der Waals surface area (Å²) >= 11 is 0. The van der Waals surface area contributed by atoms with Crippen molar-refractivity contribution in [2.45, 2.75) is 19.9 Å². The van der Waals surface area contributed by atoms with Crippen LogP contribution < -0.4 is 0 Å². The minimum absolute atomic E-state index is 0.247. The topological polar surface area (TPSA) is 49.1 Å². The number of hydrogen-bond donors (Lipinski definition) is 0. The van der Waals surface area contributed by atoms with Crippen LogP contribution in [-0.4, -0.2) is 36.7 Å². The van der Waals surface area contributed by atoms with Crippen molar-refractivity contribution >= 4 is 0 Å². The van der Waals surface area contributed by atoms with E-state index in [-0.39, 0.29) is 6.04 Å². The predicted molar refractivity (Wildman–Crippen MR) is 66.5 cm³/mol. The lowest BCUT2D eigenvalue weighted by Gasteiger charge is -2.25. The molecule has 0 saturated carbocycles. The van der Waals surface area contributed by atoms with Crippen molar-refractivity contribution in [1.29, 1.82) is 5.26 Å². The van der Waals surface area contributed by atoms with Crippen LogP contribution in [0.15, 0.2) is 18.3 Å². The Balaban J connectivity index is 2.82. The van der Waals surface area contributed by atoms with Crippen molar-refractivity contribution in [2.75, 3.05) is 26.8 Å². The standard InChI is InChI=1S/C13H19N3O/c1-4-16(7-8-17-3)13(9-14)12-6-5-11(2)15-10-12/h5-6,10,13H,4,7-8H2,1-3H3. The van der Waals surface area contributed by atoms with Gasteiger partial charge < -0.3 is 4.74 Å². The second-order valence-electron chi connectivity index (χ2n) is 3.89. The normalized spacial score (nSPS) is 12.4. The highest BCUT2D eigenvalue weighted by molar-refractivity contribution is 5.22. The number of hydrogen-bond acceptors (Lipinski definition) is 4. The maximum Gasteiger partial charge on any atom is 0.125 e. The Morgan fingerprint density at radius 1 is 1.53 bits per heavy atom. The highest BCUT2D eigenvalue weighted by atomic mass is 16.5. The predicted octanol–water partition coefficient (Wildman–Crippen LogP) is 1.92. The lowest BCUT2D eigenvalue weighted by Crippen LogP contribution is -2.31. The SMILES string of the molecule is CCN(CCOC)C(C#N)c1ccc(C)nc1. The third-order valence-corrected chi connectivity index (χ3v) is 2.73. The van der Waals surface area contributed by atoms with Crippen LogP contribution in [0.3, 0.4) is 0 Å². The van der Waals surface area contributed by atoms with Crippen molar-refractivity contribution < 1.29 is 4.74 Å². The fourth-order valence-electron chi connectivity index (χ4n) is 1.69. The largest absolute Gasteiger partial charge is 0.383 e. The Kier molecular flexibility index (Phi) is 5.61. The first-order chi connectivity index (χ1) is 8.22. The summed E-state index contributed by atoms with van der Waals surface area (Å²) in [6.07, 6.45) is 1.78. The maximum atomic E-state index is 9.29. The van der Waals surface area contributed by atoms with Crippen molar-refractivity contribution in [3.05, 3.63) is 29.6 Å². The molecule has 1 unspecified atom stereocenters. The lowest BCUT2D eigenvalue weighted by molar-refractivity contribution is 0.138. The molecule has 0 fully saturated rings. The van der Waals surface area contributed by atoms with E-state index in [0.717, 1.165) is 24.3 Å². The van der Waals surface area contributed by atoms with Gasteiger partial charge in [0.25, 0.3) is 0 Å². The molecule has 4 heteroatoms. The molecule has 0 amide bonds. The van der Waals surface area contributed by atoms with Gasteiger partial charge in [-0.05, 0) is 19.5 Å². The van der Waals surface area contributed by atoms with Crippen LogP contribution in [0.2, 0.25) is 0 Å². The minimum Gasteiger partial charge on any atom is -0.383 e. The van der Waals surface area contributed by atoms with E-state index in [4.69, 9.17) is 4.74 Å². The van der Waals surface area contributed by atoms with Crippen molar-refractivity contribution in [3.8, 4) is 6.07 Å². The number of methoxy groups -OCH3 is 1. The number of nitriles is 1. The Morgan fingerprint density at radius 2 is 2.29 bits per heavy atom. The van der Waals surface area contributed by atoms with Gasteiger partial charge in [0.1, 0.15) is 6.04 Å². The summed E-state index contributed by atoms with van der Waals surface area (Å²) in [6, 6.07) is 5.98. The third kappa shape index (κ3) is 3.81. The van der Waals surface area contributed by atoms with Gasteiger partial charge in [-0.25, -0.2) is 0 Å². The molecule has 0 aliphatic rings. The van der Waals surface area contributed by atoms with Gasteiger partial charge in [0.2, 0.25) is 0 Å². The molecule has 4 nitrogen and oxygen atoms in total. The Hall–Kier alpha value is -1.44. The van der Waals surface area contributed by atoms with E-state index in [1.165, 1.54) is 0 Å². The van der Waals surface area contributed by atoms with Crippen LogP contribution in [0.4, 0.5) is 0 Å². The van der Waals surface area contributed by atoms with Crippen molar-refractivity contribution in [3.63, 3.8) is 0 Å². The second-order valence-corrected chi connectivity index (χ2v) is 3.89. The highest BCUT2D eigenvalue weighted by Crippen LogP contribution is 2.18. The Labute approximate surface area is 103 Å². The zero-order chi connectivity index (χ0) is 12.7. The zero-order valence-electron chi connectivity index (χ0n) is 10.7. The van der Waals surface area contributed by atoms with E-state index in [2.05, 4.69) is 16.0 Å². The molecule has 92 valence electrons. The summed E-state index contributed by atoms with van der Waals surface area (Å²) in [5.41, 5.74) is 1.90. The van der Waals surface area contributed by atoms with Gasteiger partial charge in [0.05, 0.1) is 12.7 Å². The Morgan fingerprint density at radius 3 is 2.76 bits per heavy atom.